The number of nitrogens with one attached hydrogen (secondary N) is 1. The summed E-state index contributed by atoms with van der Waals surface area (Å²) in [6.45, 7) is 7.74. The van der Waals surface area contributed by atoms with Crippen molar-refractivity contribution in [1.29, 1.82) is 0 Å². The van der Waals surface area contributed by atoms with Gasteiger partial charge in [0.15, 0.2) is 0 Å². The van der Waals surface area contributed by atoms with Crippen molar-refractivity contribution in [3.8, 4) is 0 Å². The van der Waals surface area contributed by atoms with Crippen LogP contribution in [-0.2, 0) is 4.74 Å². The molecule has 26 heavy (non-hydrogen) atoms. The molecule has 0 aliphatic carbocycles. The molecule has 1 amide bonds. The first-order valence-corrected chi connectivity index (χ1v) is 9.07. The average Bonchev–Trinajstić information content (AvgIpc) is 2.66. The van der Waals surface area contributed by atoms with Crippen LogP contribution in [0.25, 0.3) is 0 Å². The summed E-state index contributed by atoms with van der Waals surface area (Å²) < 4.78 is 5.49. The Kier molecular flexibility index (Phi) is 5.91. The third kappa shape index (κ3) is 4.42. The maximum atomic E-state index is 12.7. The van der Waals surface area contributed by atoms with Gasteiger partial charge in [-0.05, 0) is 37.1 Å². The molecule has 5 nitrogen and oxygen atoms in total. The van der Waals surface area contributed by atoms with E-state index in [0.29, 0.717) is 17.8 Å². The van der Waals surface area contributed by atoms with Gasteiger partial charge in [0.25, 0.3) is 5.91 Å². The number of nitrogens with zero attached hydrogens (tertiary/aromatic N) is 1. The molecule has 1 heterocycles. The van der Waals surface area contributed by atoms with Crippen molar-refractivity contribution < 1.29 is 9.53 Å². The maximum absolute atomic E-state index is 12.7. The monoisotopic (exact) mass is 353 g/mol. The van der Waals surface area contributed by atoms with Crippen LogP contribution in [0, 0.1) is 13.8 Å². The van der Waals surface area contributed by atoms with E-state index in [-0.39, 0.29) is 11.9 Å². The Labute approximate surface area is 155 Å². The van der Waals surface area contributed by atoms with Crippen LogP contribution < -0.4 is 11.1 Å². The Morgan fingerprint density at radius 1 is 1.15 bits per heavy atom. The fourth-order valence-electron chi connectivity index (χ4n) is 3.30. The van der Waals surface area contributed by atoms with Gasteiger partial charge in [-0.3, -0.25) is 9.69 Å². The molecule has 0 spiro atoms. The van der Waals surface area contributed by atoms with Gasteiger partial charge in [0.1, 0.15) is 0 Å². The highest BCUT2D eigenvalue weighted by atomic mass is 16.5. The summed E-state index contributed by atoms with van der Waals surface area (Å²) in [5.41, 5.74) is 10.4. The number of nitrogen functional groups attached to an aromatic ring is 1. The molecule has 0 aromatic heterocycles. The van der Waals surface area contributed by atoms with Crippen molar-refractivity contribution in [2.75, 3.05) is 38.6 Å². The van der Waals surface area contributed by atoms with E-state index >= 15 is 0 Å². The Bertz CT molecular complexity index is 752. The third-order valence-corrected chi connectivity index (χ3v) is 4.91. The largest absolute Gasteiger partial charge is 0.399 e. The van der Waals surface area contributed by atoms with Gasteiger partial charge in [0.2, 0.25) is 0 Å². The van der Waals surface area contributed by atoms with Crippen LogP contribution in [0.5, 0.6) is 0 Å². The summed E-state index contributed by atoms with van der Waals surface area (Å²) in [6.07, 6.45) is 0. The van der Waals surface area contributed by atoms with E-state index in [2.05, 4.69) is 41.4 Å². The number of carbonyl (C=O) groups excluding carboxylic acids is 1. The highest BCUT2D eigenvalue weighted by molar-refractivity contribution is 5.96. The molecule has 1 fully saturated rings. The topological polar surface area (TPSA) is 67.6 Å². The standard InChI is InChI=1S/C21H27N3O2/c1-15-3-6-17(7-4-15)20(24-9-11-26-12-10-24)14-23-21(25)19-13-18(22)8-5-16(19)2/h3-8,13,20H,9-12,14,22H2,1-2H3,(H,23,25). The molecule has 0 radical (unpaired) electrons. The lowest BCUT2D eigenvalue weighted by Crippen LogP contribution is -2.43. The molecule has 1 saturated heterocycles. The molecule has 5 heteroatoms. The van der Waals surface area contributed by atoms with Crippen LogP contribution >= 0.6 is 0 Å². The fraction of sp³-hybridized carbons (Fsp3) is 0.381. The molecule has 1 aliphatic heterocycles. The van der Waals surface area contributed by atoms with E-state index in [1.165, 1.54) is 11.1 Å². The normalized spacial score (nSPS) is 16.2. The zero-order valence-electron chi connectivity index (χ0n) is 15.5. The molecule has 2 aromatic carbocycles. The molecule has 0 bridgehead atoms. The Hall–Kier alpha value is -2.37. The smallest absolute Gasteiger partial charge is 0.251 e. The number of amides is 1. The summed E-state index contributed by atoms with van der Waals surface area (Å²) in [4.78, 5) is 15.1. The number of ether oxygens (including phenoxy) is 1. The van der Waals surface area contributed by atoms with E-state index in [1.807, 2.05) is 19.1 Å². The van der Waals surface area contributed by atoms with Crippen molar-refractivity contribution in [3.63, 3.8) is 0 Å². The summed E-state index contributed by atoms with van der Waals surface area (Å²) in [5, 5.41) is 3.10. The third-order valence-electron chi connectivity index (χ3n) is 4.91. The van der Waals surface area contributed by atoms with Crippen LogP contribution in [0.4, 0.5) is 5.69 Å². The second-order valence-corrected chi connectivity index (χ2v) is 6.86. The molecule has 3 rings (SSSR count). The quantitative estimate of drug-likeness (QED) is 0.811. The minimum atomic E-state index is -0.0832. The van der Waals surface area contributed by atoms with E-state index in [1.54, 1.807) is 6.07 Å². The fourth-order valence-corrected chi connectivity index (χ4v) is 3.30. The van der Waals surface area contributed by atoms with Crippen molar-refractivity contribution in [3.05, 3.63) is 64.7 Å². The van der Waals surface area contributed by atoms with Gasteiger partial charge in [0, 0.05) is 30.9 Å². The minimum Gasteiger partial charge on any atom is -0.399 e. The number of anilines is 1. The highest BCUT2D eigenvalue weighted by Crippen LogP contribution is 2.22. The molecule has 2 aromatic rings. The highest BCUT2D eigenvalue weighted by Gasteiger charge is 2.23. The van der Waals surface area contributed by atoms with Gasteiger partial charge in [-0.2, -0.15) is 0 Å². The number of hydrogen-bond acceptors (Lipinski definition) is 4. The van der Waals surface area contributed by atoms with Crippen molar-refractivity contribution in [2.45, 2.75) is 19.9 Å². The Morgan fingerprint density at radius 3 is 2.54 bits per heavy atom. The van der Waals surface area contributed by atoms with Gasteiger partial charge in [-0.15, -0.1) is 0 Å². The Morgan fingerprint density at radius 2 is 1.85 bits per heavy atom. The zero-order valence-corrected chi connectivity index (χ0v) is 15.5. The number of nitrogens with two attached hydrogens (primary N) is 1. The van der Waals surface area contributed by atoms with Crippen LogP contribution in [0.3, 0.4) is 0 Å². The van der Waals surface area contributed by atoms with E-state index in [0.717, 1.165) is 31.9 Å². The molecule has 3 N–H and O–H groups in total. The van der Waals surface area contributed by atoms with Crippen LogP contribution in [0.1, 0.15) is 33.1 Å². The average molecular weight is 353 g/mol. The summed E-state index contributed by atoms with van der Waals surface area (Å²) in [7, 11) is 0. The first-order chi connectivity index (χ1) is 12.5. The molecule has 1 unspecified atom stereocenters. The number of rotatable bonds is 5. The summed E-state index contributed by atoms with van der Waals surface area (Å²) in [5.74, 6) is -0.0832. The summed E-state index contributed by atoms with van der Waals surface area (Å²) >= 11 is 0. The lowest BCUT2D eigenvalue weighted by Gasteiger charge is -2.35. The van der Waals surface area contributed by atoms with E-state index < -0.39 is 0 Å². The molecule has 138 valence electrons. The minimum absolute atomic E-state index is 0.0832. The molecule has 1 atom stereocenters. The number of carbonyl (C=O) groups is 1. The number of hydrogen-bond donors (Lipinski definition) is 2. The lowest BCUT2D eigenvalue weighted by atomic mass is 10.0. The molecular weight excluding hydrogens is 326 g/mol. The molecule has 1 aliphatic rings. The van der Waals surface area contributed by atoms with Gasteiger partial charge in [-0.25, -0.2) is 0 Å². The first kappa shape index (κ1) is 18.4. The predicted octanol–water partition coefficient (Wildman–Crippen LogP) is 2.69. The maximum Gasteiger partial charge on any atom is 0.251 e. The van der Waals surface area contributed by atoms with Crippen molar-refractivity contribution in [1.82, 2.24) is 10.2 Å². The van der Waals surface area contributed by atoms with Gasteiger partial charge in [-0.1, -0.05) is 35.9 Å². The lowest BCUT2D eigenvalue weighted by molar-refractivity contribution is 0.0162. The van der Waals surface area contributed by atoms with Crippen LogP contribution in [0.15, 0.2) is 42.5 Å². The Balaban J connectivity index is 1.75. The van der Waals surface area contributed by atoms with E-state index in [9.17, 15) is 4.79 Å². The number of benzene rings is 2. The van der Waals surface area contributed by atoms with Gasteiger partial charge in [0.05, 0.1) is 19.3 Å². The van der Waals surface area contributed by atoms with Crippen LogP contribution in [-0.4, -0.2) is 43.7 Å². The zero-order chi connectivity index (χ0) is 18.5. The van der Waals surface area contributed by atoms with Gasteiger partial charge < -0.3 is 15.8 Å². The summed E-state index contributed by atoms with van der Waals surface area (Å²) in [6, 6.07) is 14.1. The SMILES string of the molecule is Cc1ccc(C(CNC(=O)c2cc(N)ccc2C)N2CCOCC2)cc1. The van der Waals surface area contributed by atoms with E-state index in [4.69, 9.17) is 10.5 Å². The predicted molar refractivity (Wildman–Crippen MR) is 104 cm³/mol. The van der Waals surface area contributed by atoms with Crippen molar-refractivity contribution in [2.24, 2.45) is 0 Å². The molecular formula is C21H27N3O2. The second-order valence-electron chi connectivity index (χ2n) is 6.86. The number of aryl methyl sites for hydroxylation is 2. The first-order valence-electron chi connectivity index (χ1n) is 9.07. The van der Waals surface area contributed by atoms with Gasteiger partial charge >= 0.3 is 0 Å². The van der Waals surface area contributed by atoms with Crippen molar-refractivity contribution >= 4 is 11.6 Å². The number of morpholine rings is 1. The molecule has 0 saturated carbocycles. The van der Waals surface area contributed by atoms with Crippen LogP contribution in [0.2, 0.25) is 0 Å². The second kappa shape index (κ2) is 8.34.